The number of nitrogens with one attached hydrogen (secondary N) is 2. The minimum Gasteiger partial charge on any atom is -0.392 e. The molecule has 14 nitrogen and oxygen atoms in total. The van der Waals surface area contributed by atoms with Crippen molar-refractivity contribution < 1.29 is 38.8 Å². The van der Waals surface area contributed by atoms with Gasteiger partial charge in [-0.25, -0.2) is 0 Å². The Kier molecular flexibility index (Phi) is 17.5. The van der Waals surface area contributed by atoms with Crippen LogP contribution in [0.25, 0.3) is 0 Å². The number of carbonyl (C=O) groups excluding carboxylic acids is 3. The van der Waals surface area contributed by atoms with E-state index in [1.54, 1.807) is 32.7 Å². The van der Waals surface area contributed by atoms with Crippen LogP contribution in [0.2, 0.25) is 0 Å². The fourth-order valence-electron chi connectivity index (χ4n) is 8.60. The van der Waals surface area contributed by atoms with Crippen molar-refractivity contribution in [2.75, 3.05) is 80.6 Å². The van der Waals surface area contributed by atoms with Crippen molar-refractivity contribution in [3.05, 3.63) is 35.9 Å². The number of ether oxygens (including phenoxy) is 3. The van der Waals surface area contributed by atoms with Gasteiger partial charge < -0.3 is 49.8 Å². The summed E-state index contributed by atoms with van der Waals surface area (Å²) in [5, 5.41) is 30.3. The van der Waals surface area contributed by atoms with Crippen LogP contribution < -0.4 is 10.6 Å². The molecular formula is C42H72N6O8. The minimum atomic E-state index is -1.49. The molecule has 56 heavy (non-hydrogen) atoms. The van der Waals surface area contributed by atoms with E-state index in [0.717, 1.165) is 31.7 Å². The van der Waals surface area contributed by atoms with Gasteiger partial charge in [0.05, 0.1) is 36.4 Å². The van der Waals surface area contributed by atoms with Gasteiger partial charge in [-0.3, -0.25) is 19.3 Å². The molecule has 4 rings (SSSR count). The Bertz CT molecular complexity index is 1380. The molecule has 0 saturated carbocycles. The fraction of sp³-hybridized carbons (Fsp3) is 0.786. The van der Waals surface area contributed by atoms with Crippen LogP contribution in [-0.2, 0) is 35.0 Å². The zero-order chi connectivity index (χ0) is 41.2. The van der Waals surface area contributed by atoms with Crippen LogP contribution in [-0.4, -0.2) is 177 Å². The number of hydrogen-bond donors (Lipinski definition) is 4. The lowest BCUT2D eigenvalue weighted by Gasteiger charge is -2.48. The summed E-state index contributed by atoms with van der Waals surface area (Å²) in [4.78, 5) is 48.1. The molecule has 3 saturated heterocycles. The lowest BCUT2D eigenvalue weighted by Crippen LogP contribution is -2.60. The van der Waals surface area contributed by atoms with Crippen molar-refractivity contribution in [3.63, 3.8) is 0 Å². The highest BCUT2D eigenvalue weighted by molar-refractivity contribution is 5.81. The first kappa shape index (κ1) is 46.0. The predicted octanol–water partition coefficient (Wildman–Crippen LogP) is 1.58. The highest BCUT2D eigenvalue weighted by Crippen LogP contribution is 2.36. The van der Waals surface area contributed by atoms with Gasteiger partial charge in [0.15, 0.2) is 6.29 Å². The first-order valence-electron chi connectivity index (χ1n) is 20.7. The van der Waals surface area contributed by atoms with Crippen LogP contribution >= 0.6 is 0 Å². The third kappa shape index (κ3) is 13.4. The zero-order valence-corrected chi connectivity index (χ0v) is 35.5. The summed E-state index contributed by atoms with van der Waals surface area (Å²) in [5.74, 6) is -2.20. The lowest BCUT2D eigenvalue weighted by molar-refractivity contribution is -0.306. The van der Waals surface area contributed by atoms with E-state index in [4.69, 9.17) is 14.2 Å². The lowest BCUT2D eigenvalue weighted by atomic mass is 9.77. The number of amides is 3. The highest BCUT2D eigenvalue weighted by Gasteiger charge is 2.48. The Morgan fingerprint density at radius 3 is 2.41 bits per heavy atom. The fourth-order valence-corrected chi connectivity index (χ4v) is 8.60. The molecule has 0 aromatic heterocycles. The third-order valence-electron chi connectivity index (χ3n) is 11.9. The number of nitrogens with zero attached hydrogens (tertiary/aromatic N) is 4. The van der Waals surface area contributed by atoms with Crippen molar-refractivity contribution in [2.45, 2.75) is 115 Å². The predicted molar refractivity (Wildman–Crippen MR) is 216 cm³/mol. The Hall–Kier alpha value is -2.69. The Morgan fingerprint density at radius 1 is 1.07 bits per heavy atom. The second-order valence-corrected chi connectivity index (χ2v) is 17.4. The maximum Gasteiger partial charge on any atom is 0.234 e. The Balaban J connectivity index is 1.51. The van der Waals surface area contributed by atoms with E-state index in [1.165, 1.54) is 0 Å². The van der Waals surface area contributed by atoms with Crippen LogP contribution in [0.4, 0.5) is 0 Å². The summed E-state index contributed by atoms with van der Waals surface area (Å²) < 4.78 is 19.8. The highest BCUT2D eigenvalue weighted by atomic mass is 16.7. The zero-order valence-electron chi connectivity index (χ0n) is 35.5. The summed E-state index contributed by atoms with van der Waals surface area (Å²) in [6.45, 7) is 14.4. The van der Waals surface area contributed by atoms with Crippen LogP contribution in [0.5, 0.6) is 0 Å². The summed E-state index contributed by atoms with van der Waals surface area (Å²) in [7, 11) is 7.82. The van der Waals surface area contributed by atoms with Gasteiger partial charge in [0.2, 0.25) is 17.7 Å². The van der Waals surface area contributed by atoms with Crippen molar-refractivity contribution in [2.24, 2.45) is 17.8 Å². The quantitative estimate of drug-likeness (QED) is 0.228. The Morgan fingerprint density at radius 2 is 1.75 bits per heavy atom. The first-order valence-corrected chi connectivity index (χ1v) is 20.7. The van der Waals surface area contributed by atoms with Gasteiger partial charge in [-0.2, -0.15) is 0 Å². The topological polar surface area (TPSA) is 156 Å². The molecule has 3 amide bonds. The number of aliphatic hydroxyl groups is 2. The van der Waals surface area contributed by atoms with Gasteiger partial charge in [-0.15, -0.1) is 0 Å². The first-order chi connectivity index (χ1) is 26.4. The molecule has 1 unspecified atom stereocenters. The average Bonchev–Trinajstić information content (AvgIpc) is 3.13. The number of carbonyl (C=O) groups is 3. The maximum atomic E-state index is 13.8. The summed E-state index contributed by atoms with van der Waals surface area (Å²) in [6.07, 6.45) is -1.68. The van der Waals surface area contributed by atoms with Gasteiger partial charge in [-0.1, -0.05) is 51.1 Å². The van der Waals surface area contributed by atoms with E-state index in [-0.39, 0.29) is 48.6 Å². The van der Waals surface area contributed by atoms with Gasteiger partial charge in [-0.05, 0) is 72.2 Å². The molecule has 0 aliphatic carbocycles. The number of likely N-dealkylation sites (N-methyl/N-ethyl adjacent to an activating group) is 2. The summed E-state index contributed by atoms with van der Waals surface area (Å²) >= 11 is 0. The molecule has 4 N–H and O–H groups in total. The Labute approximate surface area is 335 Å². The molecule has 0 spiro atoms. The van der Waals surface area contributed by atoms with E-state index < -0.39 is 48.1 Å². The second kappa shape index (κ2) is 21.4. The third-order valence-corrected chi connectivity index (χ3v) is 11.9. The normalized spacial score (nSPS) is 34.9. The summed E-state index contributed by atoms with van der Waals surface area (Å²) in [6, 6.07) is 9.18. The molecule has 318 valence electrons. The molecule has 1 aromatic carbocycles. The molecule has 3 fully saturated rings. The SMILES string of the molecule is CC1C(=O)N[C@@H](Cc2ccccc2)CC(=O)N(C)C[C@H](C)C[C@@](C)(O)[C@H](O[C@@H]2O[C@H](C)C[C@H](N(C)C)[C@H]2OCCCNC(=O)CN2CCN(C)CC2)[C@@H](C)[C@@H]1O. The number of piperazine rings is 1. The van der Waals surface area contributed by atoms with Crippen molar-refractivity contribution in [1.29, 1.82) is 0 Å². The molecule has 3 aliphatic heterocycles. The molecule has 0 bridgehead atoms. The molecule has 11 atom stereocenters. The van der Waals surface area contributed by atoms with Gasteiger partial charge in [0.1, 0.15) is 6.10 Å². The maximum absolute atomic E-state index is 13.8. The van der Waals surface area contributed by atoms with Crippen LogP contribution in [0.3, 0.4) is 0 Å². The van der Waals surface area contributed by atoms with Crippen LogP contribution in [0.1, 0.15) is 65.9 Å². The van der Waals surface area contributed by atoms with E-state index in [9.17, 15) is 24.6 Å². The van der Waals surface area contributed by atoms with Crippen molar-refractivity contribution in [3.8, 4) is 0 Å². The number of benzene rings is 1. The van der Waals surface area contributed by atoms with Gasteiger partial charge in [0.25, 0.3) is 0 Å². The smallest absolute Gasteiger partial charge is 0.234 e. The van der Waals surface area contributed by atoms with E-state index in [1.807, 2.05) is 58.3 Å². The largest absolute Gasteiger partial charge is 0.392 e. The molecule has 14 heteroatoms. The molecule has 3 heterocycles. The standard InChI is InChI=1S/C42H72N6O8/c1-28-25-42(5,53)39(30(3)37(51)31(4)40(52)44-33(24-36(50)47(9)26-28)23-32-14-11-10-12-15-32)56-41-38(34(45(6)7)22-29(2)55-41)54-21-13-16-43-35(49)27-48-19-17-46(8)18-20-48/h10-12,14-15,28-31,33-34,37-39,41,51,53H,13,16-27H2,1-9H3,(H,43,49)(H,44,52)/t28-,29-,30+,31?,33+,34+,37+,38-,39-,41+,42-/m1/s1. The second-order valence-electron chi connectivity index (χ2n) is 17.4. The van der Waals surface area contributed by atoms with Crippen LogP contribution in [0.15, 0.2) is 30.3 Å². The van der Waals surface area contributed by atoms with Gasteiger partial charge in [0, 0.05) is 77.3 Å². The molecule has 3 aliphatic rings. The van der Waals surface area contributed by atoms with E-state index >= 15 is 0 Å². The summed E-state index contributed by atoms with van der Waals surface area (Å²) in [5.41, 5.74) is -0.495. The minimum absolute atomic E-state index is 0.000208. The molecular weight excluding hydrogens is 716 g/mol. The van der Waals surface area contributed by atoms with E-state index in [2.05, 4.69) is 32.4 Å². The molecule has 0 radical (unpaired) electrons. The van der Waals surface area contributed by atoms with Gasteiger partial charge >= 0.3 is 0 Å². The van der Waals surface area contributed by atoms with E-state index in [0.29, 0.717) is 45.5 Å². The monoisotopic (exact) mass is 789 g/mol. The number of hydrogen-bond acceptors (Lipinski definition) is 11. The average molecular weight is 789 g/mol. The number of aliphatic hydroxyl groups excluding tert-OH is 1. The van der Waals surface area contributed by atoms with Crippen molar-refractivity contribution >= 4 is 17.7 Å². The molecule has 1 aromatic rings. The van der Waals surface area contributed by atoms with Crippen molar-refractivity contribution in [1.82, 2.24) is 30.2 Å². The number of rotatable bonds is 12. The van der Waals surface area contributed by atoms with Crippen LogP contribution in [0, 0.1) is 17.8 Å².